The van der Waals surface area contributed by atoms with Gasteiger partial charge in [-0.15, -0.1) is 0 Å². The molecule has 0 heterocycles. The van der Waals surface area contributed by atoms with Gasteiger partial charge in [0.1, 0.15) is 6.04 Å². The quantitative estimate of drug-likeness (QED) is 0.569. The van der Waals surface area contributed by atoms with Gasteiger partial charge in [-0.2, -0.15) is 0 Å². The van der Waals surface area contributed by atoms with Gasteiger partial charge in [-0.1, -0.05) is 30.3 Å². The van der Waals surface area contributed by atoms with Crippen LogP contribution in [0.2, 0.25) is 0 Å². The van der Waals surface area contributed by atoms with Crippen LogP contribution >= 0.6 is 0 Å². The number of rotatable bonds is 6. The van der Waals surface area contributed by atoms with Crippen molar-refractivity contribution in [3.63, 3.8) is 0 Å². The number of hydrogen-bond acceptors (Lipinski definition) is 4. The van der Waals surface area contributed by atoms with E-state index in [0.717, 1.165) is 12.8 Å². The molecule has 0 spiro atoms. The number of aryl methyl sites for hydroxylation is 1. The summed E-state index contributed by atoms with van der Waals surface area (Å²) in [6.07, 6.45) is 0.733. The molecule has 0 saturated heterocycles. The monoisotopic (exact) mass is 237 g/mol. The molecule has 0 amide bonds. The minimum absolute atomic E-state index is 0.328. The normalized spacial score (nSPS) is 14.1. The van der Waals surface area contributed by atoms with Crippen molar-refractivity contribution in [1.29, 1.82) is 0 Å². The molecule has 1 rings (SSSR count). The summed E-state index contributed by atoms with van der Waals surface area (Å²) >= 11 is 0. The number of benzene rings is 1. The van der Waals surface area contributed by atoms with Crippen LogP contribution in [0.1, 0.15) is 18.9 Å². The molecule has 1 aromatic rings. The summed E-state index contributed by atoms with van der Waals surface area (Å²) in [4.78, 5) is 11.3. The van der Waals surface area contributed by atoms with Gasteiger partial charge in [0.2, 0.25) is 0 Å². The van der Waals surface area contributed by atoms with E-state index in [1.807, 2.05) is 30.3 Å². The Morgan fingerprint density at radius 1 is 1.41 bits per heavy atom. The van der Waals surface area contributed by atoms with Crippen LogP contribution in [-0.4, -0.2) is 29.8 Å². The summed E-state index contributed by atoms with van der Waals surface area (Å²) in [6.45, 7) is 1.80. The lowest BCUT2D eigenvalue weighted by atomic mass is 10.1. The van der Waals surface area contributed by atoms with E-state index in [2.05, 4.69) is 0 Å². The van der Waals surface area contributed by atoms with Crippen molar-refractivity contribution in [3.8, 4) is 0 Å². The molecule has 0 fully saturated rings. The second-order valence-corrected chi connectivity index (χ2v) is 4.02. The zero-order valence-corrected chi connectivity index (χ0v) is 10.0. The minimum Gasteiger partial charge on any atom is -0.464 e. The number of esters is 1. The molecule has 3 N–H and O–H groups in total. The molecular weight excluding hydrogens is 218 g/mol. The lowest BCUT2D eigenvalue weighted by Gasteiger charge is -2.13. The Morgan fingerprint density at radius 2 is 2.06 bits per heavy atom. The first-order valence-electron chi connectivity index (χ1n) is 5.75. The van der Waals surface area contributed by atoms with Crippen molar-refractivity contribution in [1.82, 2.24) is 0 Å². The fourth-order valence-electron chi connectivity index (χ4n) is 1.39. The summed E-state index contributed by atoms with van der Waals surface area (Å²) in [7, 11) is 0. The molecule has 4 heteroatoms. The minimum atomic E-state index is -0.952. The number of hydrogen-bond donors (Lipinski definition) is 2. The van der Waals surface area contributed by atoms with E-state index in [9.17, 15) is 4.79 Å². The number of aliphatic hydroxyl groups excluding tert-OH is 1. The van der Waals surface area contributed by atoms with Crippen LogP contribution in [0.25, 0.3) is 0 Å². The van der Waals surface area contributed by atoms with E-state index in [4.69, 9.17) is 15.6 Å². The molecule has 2 atom stereocenters. The third kappa shape index (κ3) is 4.97. The van der Waals surface area contributed by atoms with E-state index >= 15 is 0 Å². The average Bonchev–Trinajstić information content (AvgIpc) is 2.34. The SMILES string of the molecule is C[C@@H](O)[C@H](N)C(=O)OCCCc1ccccc1. The maximum atomic E-state index is 11.3. The van der Waals surface area contributed by atoms with Gasteiger partial charge in [0, 0.05) is 0 Å². The van der Waals surface area contributed by atoms with Crippen molar-refractivity contribution in [2.75, 3.05) is 6.61 Å². The Balaban J connectivity index is 2.18. The first kappa shape index (κ1) is 13.7. The molecule has 1 aromatic carbocycles. The molecule has 0 aromatic heterocycles. The van der Waals surface area contributed by atoms with Crippen LogP contribution in [0.5, 0.6) is 0 Å². The van der Waals surface area contributed by atoms with E-state index in [1.165, 1.54) is 12.5 Å². The molecule has 94 valence electrons. The van der Waals surface area contributed by atoms with Crippen LogP contribution in [0, 0.1) is 0 Å². The van der Waals surface area contributed by atoms with Crippen molar-refractivity contribution in [2.24, 2.45) is 5.73 Å². The molecular formula is C13H19NO3. The largest absolute Gasteiger partial charge is 0.464 e. The molecule has 4 nitrogen and oxygen atoms in total. The summed E-state index contributed by atoms with van der Waals surface area (Å²) in [5.41, 5.74) is 6.64. The van der Waals surface area contributed by atoms with Crippen molar-refractivity contribution in [2.45, 2.75) is 31.9 Å². The van der Waals surface area contributed by atoms with Crippen molar-refractivity contribution in [3.05, 3.63) is 35.9 Å². The first-order valence-corrected chi connectivity index (χ1v) is 5.75. The Bertz CT molecular complexity index is 338. The van der Waals surface area contributed by atoms with Gasteiger partial charge in [0.15, 0.2) is 0 Å². The van der Waals surface area contributed by atoms with Gasteiger partial charge in [-0.25, -0.2) is 0 Å². The third-order valence-electron chi connectivity index (χ3n) is 2.49. The maximum Gasteiger partial charge on any atom is 0.325 e. The first-order chi connectivity index (χ1) is 8.11. The van der Waals surface area contributed by atoms with Gasteiger partial charge in [-0.3, -0.25) is 4.79 Å². The average molecular weight is 237 g/mol. The molecule has 0 saturated carbocycles. The summed E-state index contributed by atoms with van der Waals surface area (Å²) in [5, 5.41) is 9.10. The third-order valence-corrected chi connectivity index (χ3v) is 2.49. The number of carbonyl (C=O) groups excluding carboxylic acids is 1. The van der Waals surface area contributed by atoms with E-state index < -0.39 is 18.1 Å². The van der Waals surface area contributed by atoms with Crippen LogP contribution in [0.15, 0.2) is 30.3 Å². The smallest absolute Gasteiger partial charge is 0.325 e. The number of nitrogens with two attached hydrogens (primary N) is 1. The summed E-state index contributed by atoms with van der Waals surface area (Å²) in [5.74, 6) is -0.548. The number of ether oxygens (including phenoxy) is 1. The number of aliphatic hydroxyl groups is 1. The lowest BCUT2D eigenvalue weighted by molar-refractivity contribution is -0.147. The van der Waals surface area contributed by atoms with Gasteiger partial charge in [-0.05, 0) is 25.3 Å². The van der Waals surface area contributed by atoms with E-state index in [1.54, 1.807) is 0 Å². The fourth-order valence-corrected chi connectivity index (χ4v) is 1.39. The Morgan fingerprint density at radius 3 is 2.65 bits per heavy atom. The van der Waals surface area contributed by atoms with E-state index in [0.29, 0.717) is 6.61 Å². The Hall–Kier alpha value is -1.39. The van der Waals surface area contributed by atoms with Crippen LogP contribution < -0.4 is 5.73 Å². The topological polar surface area (TPSA) is 72.5 Å². The standard InChI is InChI=1S/C13H19NO3/c1-10(15)12(14)13(16)17-9-5-8-11-6-3-2-4-7-11/h2-4,6-7,10,12,15H,5,8-9,14H2,1H3/t10-,12+/m1/s1. The highest BCUT2D eigenvalue weighted by atomic mass is 16.5. The molecule has 0 aliphatic carbocycles. The lowest BCUT2D eigenvalue weighted by Crippen LogP contribution is -2.41. The second-order valence-electron chi connectivity index (χ2n) is 4.02. The van der Waals surface area contributed by atoms with Gasteiger partial charge in [0.25, 0.3) is 0 Å². The van der Waals surface area contributed by atoms with Gasteiger partial charge < -0.3 is 15.6 Å². The Labute approximate surface area is 101 Å². The van der Waals surface area contributed by atoms with Crippen LogP contribution in [0.3, 0.4) is 0 Å². The molecule has 0 bridgehead atoms. The molecule has 0 aliphatic rings. The second kappa shape index (κ2) is 7.04. The van der Waals surface area contributed by atoms with Crippen LogP contribution in [0.4, 0.5) is 0 Å². The van der Waals surface area contributed by atoms with Gasteiger partial charge >= 0.3 is 5.97 Å². The van der Waals surface area contributed by atoms with Crippen LogP contribution in [-0.2, 0) is 16.0 Å². The maximum absolute atomic E-state index is 11.3. The highest BCUT2D eigenvalue weighted by molar-refractivity contribution is 5.76. The fraction of sp³-hybridized carbons (Fsp3) is 0.462. The van der Waals surface area contributed by atoms with E-state index in [-0.39, 0.29) is 0 Å². The zero-order chi connectivity index (χ0) is 12.7. The Kier molecular flexibility index (Phi) is 5.66. The summed E-state index contributed by atoms with van der Waals surface area (Å²) in [6, 6.07) is 9.03. The highest BCUT2D eigenvalue weighted by Crippen LogP contribution is 2.03. The predicted molar refractivity (Wildman–Crippen MR) is 65.4 cm³/mol. The van der Waals surface area contributed by atoms with Crippen molar-refractivity contribution < 1.29 is 14.6 Å². The number of carbonyl (C=O) groups is 1. The molecule has 0 unspecified atom stereocenters. The van der Waals surface area contributed by atoms with Gasteiger partial charge in [0.05, 0.1) is 12.7 Å². The predicted octanol–water partition coefficient (Wildman–Crippen LogP) is 0.870. The molecule has 0 aliphatic heterocycles. The highest BCUT2D eigenvalue weighted by Gasteiger charge is 2.19. The molecule has 17 heavy (non-hydrogen) atoms. The summed E-state index contributed by atoms with van der Waals surface area (Å²) < 4.78 is 4.96. The molecule has 0 radical (unpaired) electrons. The zero-order valence-electron chi connectivity index (χ0n) is 10.0. The van der Waals surface area contributed by atoms with Crippen molar-refractivity contribution >= 4 is 5.97 Å².